The van der Waals surface area contributed by atoms with Crippen molar-refractivity contribution in [2.24, 2.45) is 14.1 Å². The normalized spacial score (nSPS) is 16.4. The summed E-state index contributed by atoms with van der Waals surface area (Å²) in [4.78, 5) is 23.9. The van der Waals surface area contributed by atoms with Crippen LogP contribution in [0.25, 0.3) is 22.2 Å². The van der Waals surface area contributed by atoms with Gasteiger partial charge in [0.1, 0.15) is 17.4 Å². The highest BCUT2D eigenvalue weighted by molar-refractivity contribution is 6.30. The molecule has 1 atom stereocenters. The quantitative estimate of drug-likeness (QED) is 0.417. The minimum atomic E-state index is -2.92. The first-order chi connectivity index (χ1) is 16.7. The molecule has 0 N–H and O–H groups in total. The number of alkyl halides is 2. The van der Waals surface area contributed by atoms with Crippen LogP contribution < -0.4 is 10.5 Å². The summed E-state index contributed by atoms with van der Waals surface area (Å²) in [5.41, 5.74) is -0.418. The SMILES string of the molecule is Cn1cc([C@H]2CN(c3nc(-c4ccc(Cl)cc4F)c4cc(C(F)F)n(C)c(=O)c4n3)CCO2)cn1. The highest BCUT2D eigenvalue weighted by Gasteiger charge is 2.27. The van der Waals surface area contributed by atoms with Gasteiger partial charge < -0.3 is 14.2 Å². The van der Waals surface area contributed by atoms with Crippen LogP contribution in [0.4, 0.5) is 19.1 Å². The van der Waals surface area contributed by atoms with E-state index in [0.29, 0.717) is 19.7 Å². The van der Waals surface area contributed by atoms with Gasteiger partial charge in [-0.05, 0) is 24.3 Å². The molecule has 4 heterocycles. The number of benzene rings is 1. The second kappa shape index (κ2) is 8.97. The van der Waals surface area contributed by atoms with Gasteiger partial charge in [0.2, 0.25) is 5.95 Å². The second-order valence-corrected chi connectivity index (χ2v) is 8.68. The first-order valence-corrected chi connectivity index (χ1v) is 11.1. The van der Waals surface area contributed by atoms with Gasteiger partial charge in [0.05, 0.1) is 30.7 Å². The summed E-state index contributed by atoms with van der Waals surface area (Å²) < 4.78 is 50.6. The lowest BCUT2D eigenvalue weighted by molar-refractivity contribution is 0.0392. The van der Waals surface area contributed by atoms with Crippen molar-refractivity contribution in [1.82, 2.24) is 24.3 Å². The van der Waals surface area contributed by atoms with Gasteiger partial charge in [-0.25, -0.2) is 23.1 Å². The van der Waals surface area contributed by atoms with Crippen molar-refractivity contribution in [2.45, 2.75) is 12.5 Å². The highest BCUT2D eigenvalue weighted by Crippen LogP contribution is 2.33. The second-order valence-electron chi connectivity index (χ2n) is 8.25. The Bertz CT molecular complexity index is 1490. The summed E-state index contributed by atoms with van der Waals surface area (Å²) in [6.45, 7) is 1.13. The number of aryl methyl sites for hydroxylation is 1. The third kappa shape index (κ3) is 4.25. The smallest absolute Gasteiger partial charge is 0.278 e. The minimum Gasteiger partial charge on any atom is -0.370 e. The molecule has 35 heavy (non-hydrogen) atoms. The fourth-order valence-electron chi connectivity index (χ4n) is 4.15. The Morgan fingerprint density at radius 1 is 1.20 bits per heavy atom. The zero-order valence-corrected chi connectivity index (χ0v) is 19.5. The van der Waals surface area contributed by atoms with Crippen LogP contribution in [0.5, 0.6) is 0 Å². The molecule has 1 aliphatic heterocycles. The van der Waals surface area contributed by atoms with E-state index in [9.17, 15) is 18.0 Å². The molecule has 12 heteroatoms. The van der Waals surface area contributed by atoms with E-state index >= 15 is 0 Å². The van der Waals surface area contributed by atoms with E-state index in [1.54, 1.807) is 17.9 Å². The molecule has 1 fully saturated rings. The lowest BCUT2D eigenvalue weighted by Gasteiger charge is -2.33. The van der Waals surface area contributed by atoms with Crippen LogP contribution in [0.15, 0.2) is 41.5 Å². The van der Waals surface area contributed by atoms with Gasteiger partial charge in [0.25, 0.3) is 12.0 Å². The van der Waals surface area contributed by atoms with E-state index in [2.05, 4.69) is 15.1 Å². The number of anilines is 1. The zero-order chi connectivity index (χ0) is 24.9. The summed E-state index contributed by atoms with van der Waals surface area (Å²) in [5, 5.41) is 4.37. The molecule has 1 saturated heterocycles. The third-order valence-corrected chi connectivity index (χ3v) is 6.21. The molecule has 5 rings (SSSR count). The van der Waals surface area contributed by atoms with Crippen LogP contribution in [-0.2, 0) is 18.8 Å². The number of rotatable bonds is 4. The predicted molar refractivity (Wildman–Crippen MR) is 124 cm³/mol. The highest BCUT2D eigenvalue weighted by atomic mass is 35.5. The average Bonchev–Trinajstić information content (AvgIpc) is 3.27. The van der Waals surface area contributed by atoms with Gasteiger partial charge in [-0.15, -0.1) is 0 Å². The third-order valence-electron chi connectivity index (χ3n) is 5.98. The number of fused-ring (bicyclic) bond motifs is 1. The first kappa shape index (κ1) is 23.3. The van der Waals surface area contributed by atoms with Gasteiger partial charge in [0, 0.05) is 48.4 Å². The van der Waals surface area contributed by atoms with Crippen LogP contribution >= 0.6 is 11.6 Å². The number of hydrogen-bond acceptors (Lipinski definition) is 6. The van der Waals surface area contributed by atoms with Crippen molar-refractivity contribution in [3.05, 3.63) is 69.1 Å². The lowest BCUT2D eigenvalue weighted by atomic mass is 10.1. The molecule has 1 aromatic carbocycles. The molecule has 1 aliphatic rings. The van der Waals surface area contributed by atoms with Gasteiger partial charge in [-0.1, -0.05) is 11.6 Å². The minimum absolute atomic E-state index is 0.0218. The standard InChI is InChI=1S/C23H20ClF3N6O2/c1-31-10-12(9-28-31)18-11-33(5-6-35-18)23-29-19(14-4-3-13(24)7-16(14)25)15-8-17(21(26)27)32(2)22(34)20(15)30-23/h3-4,7-10,18,21H,5-6,11H2,1-2H3/t18-/m1/s1. The van der Waals surface area contributed by atoms with Crippen molar-refractivity contribution < 1.29 is 17.9 Å². The number of hydrogen-bond donors (Lipinski definition) is 0. The molecule has 0 spiro atoms. The van der Waals surface area contributed by atoms with Crippen molar-refractivity contribution in [3.63, 3.8) is 0 Å². The summed E-state index contributed by atoms with van der Waals surface area (Å²) in [6, 6.07) is 5.11. The van der Waals surface area contributed by atoms with Crippen molar-refractivity contribution in [2.75, 3.05) is 24.6 Å². The Kier molecular flexibility index (Phi) is 5.97. The first-order valence-electron chi connectivity index (χ1n) is 10.7. The molecule has 0 unspecified atom stereocenters. The topological polar surface area (TPSA) is 78.1 Å². The number of pyridine rings is 1. The van der Waals surface area contributed by atoms with Crippen molar-refractivity contribution >= 4 is 28.5 Å². The Labute approximate surface area is 202 Å². The molecule has 8 nitrogen and oxygen atoms in total. The van der Waals surface area contributed by atoms with Crippen LogP contribution in [0.1, 0.15) is 23.8 Å². The van der Waals surface area contributed by atoms with E-state index in [-0.39, 0.29) is 39.2 Å². The fraction of sp³-hybridized carbons (Fsp3) is 0.304. The summed E-state index contributed by atoms with van der Waals surface area (Å²) in [6.07, 6.45) is 0.299. The summed E-state index contributed by atoms with van der Waals surface area (Å²) in [5.74, 6) is -0.529. The molecule has 0 radical (unpaired) electrons. The lowest BCUT2D eigenvalue weighted by Crippen LogP contribution is -2.39. The van der Waals surface area contributed by atoms with E-state index in [1.165, 1.54) is 19.2 Å². The molecular weight excluding hydrogens is 485 g/mol. The largest absolute Gasteiger partial charge is 0.370 e. The maximum Gasteiger partial charge on any atom is 0.278 e. The number of aromatic nitrogens is 5. The summed E-state index contributed by atoms with van der Waals surface area (Å²) in [7, 11) is 3.05. The van der Waals surface area contributed by atoms with E-state index in [1.807, 2.05) is 11.1 Å². The molecule has 182 valence electrons. The zero-order valence-electron chi connectivity index (χ0n) is 18.8. The number of nitrogens with zero attached hydrogens (tertiary/aromatic N) is 6. The van der Waals surface area contributed by atoms with E-state index < -0.39 is 23.5 Å². The molecule has 0 saturated carbocycles. The van der Waals surface area contributed by atoms with Gasteiger partial charge in [-0.2, -0.15) is 5.10 Å². The molecule has 3 aromatic heterocycles. The Morgan fingerprint density at radius 2 is 2.00 bits per heavy atom. The number of halogens is 4. The number of ether oxygens (including phenoxy) is 1. The summed E-state index contributed by atoms with van der Waals surface area (Å²) >= 11 is 5.91. The monoisotopic (exact) mass is 504 g/mol. The molecule has 0 bridgehead atoms. The number of morpholine rings is 1. The van der Waals surface area contributed by atoms with Crippen LogP contribution in [0.3, 0.4) is 0 Å². The van der Waals surface area contributed by atoms with Crippen LogP contribution in [0, 0.1) is 5.82 Å². The van der Waals surface area contributed by atoms with Crippen molar-refractivity contribution in [3.8, 4) is 11.3 Å². The molecule has 4 aromatic rings. The van der Waals surface area contributed by atoms with Gasteiger partial charge in [-0.3, -0.25) is 9.48 Å². The van der Waals surface area contributed by atoms with Gasteiger partial charge >= 0.3 is 0 Å². The maximum atomic E-state index is 14.9. The van der Waals surface area contributed by atoms with E-state index in [4.69, 9.17) is 16.3 Å². The van der Waals surface area contributed by atoms with Crippen molar-refractivity contribution in [1.29, 1.82) is 0 Å². The van der Waals surface area contributed by atoms with E-state index in [0.717, 1.165) is 22.3 Å². The predicted octanol–water partition coefficient (Wildman–Crippen LogP) is 4.04. The Hall–Kier alpha value is -3.44. The fourth-order valence-corrected chi connectivity index (χ4v) is 4.31. The average molecular weight is 505 g/mol. The molecular formula is C23H20ClF3N6O2. The molecule has 0 aliphatic carbocycles. The Balaban J connectivity index is 1.70. The van der Waals surface area contributed by atoms with Crippen LogP contribution in [0.2, 0.25) is 5.02 Å². The van der Waals surface area contributed by atoms with Gasteiger partial charge in [0.15, 0.2) is 0 Å². The maximum absolute atomic E-state index is 14.9. The Morgan fingerprint density at radius 3 is 2.69 bits per heavy atom. The molecule has 0 amide bonds. The van der Waals surface area contributed by atoms with Crippen LogP contribution in [-0.4, -0.2) is 44.0 Å².